The first-order valence-electron chi connectivity index (χ1n) is 8.00. The number of nitrogens with one attached hydrogen (secondary N) is 2. The molecule has 0 atom stereocenters. The molecule has 3 aromatic rings. The molecule has 146 valence electrons. The molecular formula is C18H14ClF3N4OS. The van der Waals surface area contributed by atoms with E-state index in [2.05, 4.69) is 20.5 Å². The first-order chi connectivity index (χ1) is 13.4. The summed E-state index contributed by atoms with van der Waals surface area (Å²) in [7, 11) is 0. The van der Waals surface area contributed by atoms with Gasteiger partial charge in [0.05, 0.1) is 12.2 Å². The minimum Gasteiger partial charge on any atom is -0.433 e. The monoisotopic (exact) mass is 426 g/mol. The quantitative estimate of drug-likeness (QED) is 0.535. The van der Waals surface area contributed by atoms with E-state index >= 15 is 0 Å². The molecule has 0 unspecified atom stereocenters. The standard InChI is InChI=1S/C18H14ClF3N4OS/c19-13-9-12(20)6-5-11(13)10-26-8-7-16(25-26)24-18(28)23-14-3-1-2-4-15(14)27-17(21)22/h1-9,17H,10H2,(H2,23,24,25,28). The van der Waals surface area contributed by atoms with Crippen LogP contribution in [0.2, 0.25) is 5.02 Å². The topological polar surface area (TPSA) is 51.1 Å². The van der Waals surface area contributed by atoms with Crippen LogP contribution < -0.4 is 15.4 Å². The third-order valence-corrected chi connectivity index (χ3v) is 4.14. The van der Waals surface area contributed by atoms with Crippen LogP contribution in [-0.2, 0) is 6.54 Å². The number of benzene rings is 2. The van der Waals surface area contributed by atoms with Gasteiger partial charge >= 0.3 is 6.61 Å². The van der Waals surface area contributed by atoms with Crippen molar-refractivity contribution in [3.63, 3.8) is 0 Å². The maximum atomic E-state index is 13.1. The van der Waals surface area contributed by atoms with Crippen molar-refractivity contribution in [1.82, 2.24) is 9.78 Å². The lowest BCUT2D eigenvalue weighted by atomic mass is 10.2. The molecule has 0 saturated carbocycles. The van der Waals surface area contributed by atoms with E-state index in [1.807, 2.05) is 0 Å². The third kappa shape index (κ3) is 5.37. The second-order valence-electron chi connectivity index (χ2n) is 5.59. The van der Waals surface area contributed by atoms with Crippen molar-refractivity contribution in [2.24, 2.45) is 0 Å². The molecule has 2 aromatic carbocycles. The molecule has 5 nitrogen and oxygen atoms in total. The van der Waals surface area contributed by atoms with E-state index < -0.39 is 12.4 Å². The molecule has 0 spiro atoms. The average Bonchev–Trinajstić information content (AvgIpc) is 3.05. The summed E-state index contributed by atoms with van der Waals surface area (Å²) < 4.78 is 44.1. The number of hydrogen-bond acceptors (Lipinski definition) is 3. The lowest BCUT2D eigenvalue weighted by molar-refractivity contribution is -0.0493. The summed E-state index contributed by atoms with van der Waals surface area (Å²) in [6, 6.07) is 12.0. The first kappa shape index (κ1) is 20.0. The number of rotatable bonds is 6. The van der Waals surface area contributed by atoms with Crippen molar-refractivity contribution in [2.45, 2.75) is 13.2 Å². The van der Waals surface area contributed by atoms with Crippen molar-refractivity contribution < 1.29 is 17.9 Å². The Morgan fingerprint density at radius 2 is 1.96 bits per heavy atom. The van der Waals surface area contributed by atoms with Gasteiger partial charge in [-0.1, -0.05) is 29.8 Å². The first-order valence-corrected chi connectivity index (χ1v) is 8.78. The third-order valence-electron chi connectivity index (χ3n) is 3.58. The van der Waals surface area contributed by atoms with Crippen LogP contribution in [0.1, 0.15) is 5.56 Å². The number of thiocarbonyl (C=S) groups is 1. The summed E-state index contributed by atoms with van der Waals surface area (Å²) in [5, 5.41) is 10.4. The van der Waals surface area contributed by atoms with Gasteiger partial charge in [-0.3, -0.25) is 4.68 Å². The average molecular weight is 427 g/mol. The predicted molar refractivity (Wildman–Crippen MR) is 106 cm³/mol. The van der Waals surface area contributed by atoms with Gasteiger partial charge in [-0.25, -0.2) is 4.39 Å². The van der Waals surface area contributed by atoms with Gasteiger partial charge in [0.15, 0.2) is 10.9 Å². The largest absolute Gasteiger partial charge is 0.433 e. The fraction of sp³-hybridized carbons (Fsp3) is 0.111. The minimum absolute atomic E-state index is 0.0295. The van der Waals surface area contributed by atoms with Gasteiger partial charge in [0.1, 0.15) is 11.6 Å². The molecule has 3 rings (SSSR count). The predicted octanol–water partition coefficient (Wildman–Crippen LogP) is 5.13. The van der Waals surface area contributed by atoms with Crippen LogP contribution in [0.3, 0.4) is 0 Å². The molecule has 2 N–H and O–H groups in total. The van der Waals surface area contributed by atoms with Crippen LogP contribution in [0, 0.1) is 5.82 Å². The number of aromatic nitrogens is 2. The Labute approximate surface area is 169 Å². The van der Waals surface area contributed by atoms with E-state index in [1.165, 1.54) is 18.2 Å². The molecule has 0 aliphatic heterocycles. The van der Waals surface area contributed by atoms with E-state index in [4.69, 9.17) is 23.8 Å². The van der Waals surface area contributed by atoms with Crippen LogP contribution in [0.5, 0.6) is 5.75 Å². The van der Waals surface area contributed by atoms with Gasteiger partial charge in [-0.05, 0) is 42.0 Å². The summed E-state index contributed by atoms with van der Waals surface area (Å²) in [4.78, 5) is 0. The summed E-state index contributed by atoms with van der Waals surface area (Å²) in [5.74, 6) is -0.00905. The zero-order chi connectivity index (χ0) is 20.1. The molecule has 28 heavy (non-hydrogen) atoms. The number of hydrogen-bond donors (Lipinski definition) is 2. The van der Waals surface area contributed by atoms with Gasteiger partial charge in [0.2, 0.25) is 0 Å². The lowest BCUT2D eigenvalue weighted by Gasteiger charge is -2.13. The van der Waals surface area contributed by atoms with E-state index in [-0.39, 0.29) is 16.5 Å². The number of alkyl halides is 2. The van der Waals surface area contributed by atoms with Gasteiger partial charge in [-0.2, -0.15) is 13.9 Å². The Hall–Kier alpha value is -2.78. The van der Waals surface area contributed by atoms with Crippen LogP contribution in [0.15, 0.2) is 54.7 Å². The second-order valence-corrected chi connectivity index (χ2v) is 6.40. The second kappa shape index (κ2) is 8.94. The van der Waals surface area contributed by atoms with Crippen LogP contribution in [-0.4, -0.2) is 21.5 Å². The van der Waals surface area contributed by atoms with Gasteiger partial charge in [-0.15, -0.1) is 0 Å². The Morgan fingerprint density at radius 3 is 2.71 bits per heavy atom. The van der Waals surface area contributed by atoms with Gasteiger partial charge in [0.25, 0.3) is 0 Å². The fourth-order valence-corrected chi connectivity index (χ4v) is 2.82. The molecule has 1 aromatic heterocycles. The normalized spacial score (nSPS) is 10.8. The number of halogens is 4. The van der Waals surface area contributed by atoms with E-state index in [0.29, 0.717) is 22.9 Å². The molecule has 0 bridgehead atoms. The zero-order valence-corrected chi connectivity index (χ0v) is 15.8. The number of nitrogens with zero attached hydrogens (tertiary/aromatic N) is 2. The SMILES string of the molecule is Fc1ccc(Cn2ccc(NC(=S)Nc3ccccc3OC(F)F)n2)c(Cl)c1. The molecule has 0 aliphatic carbocycles. The maximum absolute atomic E-state index is 13.1. The fourth-order valence-electron chi connectivity index (χ4n) is 2.38. The Morgan fingerprint density at radius 1 is 1.18 bits per heavy atom. The summed E-state index contributed by atoms with van der Waals surface area (Å²) in [6.07, 6.45) is 1.69. The van der Waals surface area contributed by atoms with Crippen molar-refractivity contribution >= 4 is 40.4 Å². The number of anilines is 2. The summed E-state index contributed by atoms with van der Waals surface area (Å²) >= 11 is 11.2. The number of para-hydroxylation sites is 2. The molecule has 0 amide bonds. The maximum Gasteiger partial charge on any atom is 0.387 e. The highest BCUT2D eigenvalue weighted by Gasteiger charge is 2.11. The van der Waals surface area contributed by atoms with Crippen molar-refractivity contribution in [1.29, 1.82) is 0 Å². The summed E-state index contributed by atoms with van der Waals surface area (Å²) in [6.45, 7) is -2.61. The van der Waals surface area contributed by atoms with Gasteiger partial charge in [0, 0.05) is 17.3 Å². The number of ether oxygens (including phenoxy) is 1. The molecule has 0 fully saturated rings. The van der Waals surface area contributed by atoms with E-state index in [0.717, 1.165) is 0 Å². The van der Waals surface area contributed by atoms with Crippen molar-refractivity contribution in [3.05, 3.63) is 71.1 Å². The van der Waals surface area contributed by atoms with E-state index in [1.54, 1.807) is 41.2 Å². The highest BCUT2D eigenvalue weighted by atomic mass is 35.5. The van der Waals surface area contributed by atoms with Crippen molar-refractivity contribution in [2.75, 3.05) is 10.6 Å². The van der Waals surface area contributed by atoms with Crippen LogP contribution in [0.25, 0.3) is 0 Å². The smallest absolute Gasteiger partial charge is 0.387 e. The van der Waals surface area contributed by atoms with Crippen LogP contribution in [0.4, 0.5) is 24.7 Å². The Balaban J connectivity index is 1.63. The summed E-state index contributed by atoms with van der Waals surface area (Å²) in [5.41, 5.74) is 0.995. The highest BCUT2D eigenvalue weighted by molar-refractivity contribution is 7.80. The Bertz CT molecular complexity index is 983. The minimum atomic E-state index is -2.95. The molecule has 0 radical (unpaired) electrons. The van der Waals surface area contributed by atoms with Gasteiger partial charge < -0.3 is 15.4 Å². The highest BCUT2D eigenvalue weighted by Crippen LogP contribution is 2.25. The Kier molecular flexibility index (Phi) is 6.37. The lowest BCUT2D eigenvalue weighted by Crippen LogP contribution is -2.20. The van der Waals surface area contributed by atoms with E-state index in [9.17, 15) is 13.2 Å². The molecule has 10 heteroatoms. The van der Waals surface area contributed by atoms with Crippen LogP contribution >= 0.6 is 23.8 Å². The molecule has 1 heterocycles. The molecule has 0 saturated heterocycles. The molecular weight excluding hydrogens is 413 g/mol. The zero-order valence-electron chi connectivity index (χ0n) is 14.2. The van der Waals surface area contributed by atoms with Crippen molar-refractivity contribution in [3.8, 4) is 5.75 Å². The molecule has 0 aliphatic rings.